The fourth-order valence-electron chi connectivity index (χ4n) is 3.01. The molecule has 0 unspecified atom stereocenters. The first kappa shape index (κ1) is 14.2. The van der Waals surface area contributed by atoms with Crippen LogP contribution in [0, 0.1) is 0 Å². The topological polar surface area (TPSA) is 75.6 Å². The van der Waals surface area contributed by atoms with E-state index >= 15 is 0 Å². The van der Waals surface area contributed by atoms with E-state index in [1.54, 1.807) is 10.3 Å². The van der Waals surface area contributed by atoms with E-state index < -0.39 is 0 Å². The Balaban J connectivity index is 1.63. The van der Waals surface area contributed by atoms with E-state index in [-0.39, 0.29) is 23.6 Å². The second-order valence-electron chi connectivity index (χ2n) is 6.05. The van der Waals surface area contributed by atoms with Gasteiger partial charge in [0.15, 0.2) is 5.69 Å². The quantitative estimate of drug-likeness (QED) is 0.825. The van der Waals surface area contributed by atoms with Gasteiger partial charge in [0, 0.05) is 24.5 Å². The van der Waals surface area contributed by atoms with Crippen LogP contribution in [-0.2, 0) is 4.74 Å². The zero-order valence-electron chi connectivity index (χ0n) is 12.1. The van der Waals surface area contributed by atoms with E-state index in [4.69, 9.17) is 4.74 Å². The zero-order chi connectivity index (χ0) is 15.0. The first-order valence-corrected chi connectivity index (χ1v) is 7.85. The molecule has 3 rings (SSSR count). The van der Waals surface area contributed by atoms with E-state index in [9.17, 15) is 9.59 Å². The Hall–Kier alpha value is -1.70. The summed E-state index contributed by atoms with van der Waals surface area (Å²) >= 11 is 1.17. The average molecular weight is 310 g/mol. The van der Waals surface area contributed by atoms with Crippen LogP contribution in [0.15, 0.2) is 5.38 Å². The number of rotatable bonds is 2. The molecule has 0 bridgehead atoms. The Bertz CT molecular complexity index is 538. The van der Waals surface area contributed by atoms with Crippen LogP contribution in [0.2, 0.25) is 0 Å². The summed E-state index contributed by atoms with van der Waals surface area (Å²) in [6.45, 7) is 5.70. The monoisotopic (exact) mass is 310 g/mol. The van der Waals surface area contributed by atoms with Crippen LogP contribution in [0.5, 0.6) is 0 Å². The third kappa shape index (κ3) is 2.59. The number of amides is 2. The maximum atomic E-state index is 12.2. The van der Waals surface area contributed by atoms with Crippen molar-refractivity contribution in [3.8, 4) is 0 Å². The number of nitrogens with zero attached hydrogens (tertiary/aromatic N) is 4. The summed E-state index contributed by atoms with van der Waals surface area (Å²) in [4.78, 5) is 27.7. The van der Waals surface area contributed by atoms with Gasteiger partial charge in [-0.2, -0.15) is 0 Å². The zero-order valence-corrected chi connectivity index (χ0v) is 12.9. The van der Waals surface area contributed by atoms with Gasteiger partial charge in [-0.1, -0.05) is 4.49 Å². The smallest absolute Gasteiger partial charge is 0.410 e. The number of hydrogen-bond donors (Lipinski definition) is 0. The predicted octanol–water partition coefficient (Wildman–Crippen LogP) is 1.37. The van der Waals surface area contributed by atoms with Crippen molar-refractivity contribution in [3.63, 3.8) is 0 Å². The fourth-order valence-corrected chi connectivity index (χ4v) is 3.44. The average Bonchev–Trinajstić information content (AvgIpc) is 3.07. The summed E-state index contributed by atoms with van der Waals surface area (Å²) in [5, 5.41) is 5.48. The number of cyclic esters (lactones) is 1. The number of carbonyl (C=O) groups is 2. The summed E-state index contributed by atoms with van der Waals surface area (Å²) < 4.78 is 8.88. The molecule has 2 aliphatic heterocycles. The van der Waals surface area contributed by atoms with E-state index in [1.165, 1.54) is 11.5 Å². The van der Waals surface area contributed by atoms with Crippen LogP contribution < -0.4 is 0 Å². The molecule has 0 N–H and O–H groups in total. The minimum Gasteiger partial charge on any atom is -0.447 e. The predicted molar refractivity (Wildman–Crippen MR) is 76.1 cm³/mol. The molecule has 0 spiro atoms. The Kier molecular flexibility index (Phi) is 3.56. The van der Waals surface area contributed by atoms with Crippen molar-refractivity contribution >= 4 is 23.5 Å². The number of carbonyl (C=O) groups excluding carboxylic acids is 2. The maximum absolute atomic E-state index is 12.2. The van der Waals surface area contributed by atoms with Crippen LogP contribution in [0.25, 0.3) is 0 Å². The molecule has 8 heteroatoms. The first-order valence-electron chi connectivity index (χ1n) is 7.01. The summed E-state index contributed by atoms with van der Waals surface area (Å²) in [6, 6.07) is 0.132. The molecule has 1 aromatic heterocycles. The maximum Gasteiger partial charge on any atom is 0.410 e. The van der Waals surface area contributed by atoms with Gasteiger partial charge in [0.1, 0.15) is 6.61 Å². The number of hydrogen-bond acceptors (Lipinski definition) is 6. The lowest BCUT2D eigenvalue weighted by atomic mass is 9.97. The molecule has 0 radical (unpaired) electrons. The molecule has 3 heterocycles. The molecule has 2 saturated heterocycles. The van der Waals surface area contributed by atoms with E-state index in [2.05, 4.69) is 9.59 Å². The van der Waals surface area contributed by atoms with Gasteiger partial charge in [-0.25, -0.2) is 4.79 Å². The highest BCUT2D eigenvalue weighted by Crippen LogP contribution is 2.30. The second kappa shape index (κ2) is 5.25. The van der Waals surface area contributed by atoms with Crippen molar-refractivity contribution in [1.82, 2.24) is 19.4 Å². The van der Waals surface area contributed by atoms with Crippen LogP contribution in [0.1, 0.15) is 37.2 Å². The highest BCUT2D eigenvalue weighted by molar-refractivity contribution is 7.03. The van der Waals surface area contributed by atoms with Gasteiger partial charge in [-0.05, 0) is 38.2 Å². The minimum atomic E-state index is -0.271. The second-order valence-corrected chi connectivity index (χ2v) is 6.66. The van der Waals surface area contributed by atoms with Gasteiger partial charge in [0.25, 0.3) is 5.91 Å². The molecule has 21 heavy (non-hydrogen) atoms. The molecule has 0 aliphatic carbocycles. The van der Waals surface area contributed by atoms with E-state index in [0.717, 1.165) is 12.8 Å². The third-order valence-electron chi connectivity index (χ3n) is 4.09. The van der Waals surface area contributed by atoms with Gasteiger partial charge in [-0.15, -0.1) is 5.10 Å². The van der Waals surface area contributed by atoms with E-state index in [1.807, 2.05) is 18.7 Å². The number of aromatic nitrogens is 2. The highest BCUT2D eigenvalue weighted by atomic mass is 32.1. The minimum absolute atomic E-state index is 0.0783. The van der Waals surface area contributed by atoms with Crippen molar-refractivity contribution in [1.29, 1.82) is 0 Å². The Morgan fingerprint density at radius 3 is 2.67 bits per heavy atom. The molecule has 2 aliphatic rings. The molecule has 2 fully saturated rings. The van der Waals surface area contributed by atoms with Gasteiger partial charge >= 0.3 is 6.09 Å². The lowest BCUT2D eigenvalue weighted by Crippen LogP contribution is -2.53. The lowest BCUT2D eigenvalue weighted by Gasteiger charge is -2.40. The molecule has 0 atom stereocenters. The van der Waals surface area contributed by atoms with Gasteiger partial charge in [0.05, 0.1) is 5.54 Å². The van der Waals surface area contributed by atoms with Crippen LogP contribution in [-0.4, -0.2) is 62.7 Å². The molecular weight excluding hydrogens is 292 g/mol. The summed E-state index contributed by atoms with van der Waals surface area (Å²) in [5.41, 5.74) is 0.131. The highest BCUT2D eigenvalue weighted by Gasteiger charge is 2.44. The Labute approximate surface area is 127 Å². The number of piperidine rings is 1. The van der Waals surface area contributed by atoms with Gasteiger partial charge in [0.2, 0.25) is 0 Å². The standard InChI is InChI=1S/C13H18N4O3S/c1-13(2)8-20-12(19)17(13)9-3-5-16(6-4-9)11(18)10-7-21-15-14-10/h7,9H,3-6,8H2,1-2H3. The van der Waals surface area contributed by atoms with Gasteiger partial charge in [-0.3, -0.25) is 9.69 Å². The molecule has 1 aromatic rings. The number of likely N-dealkylation sites (tertiary alicyclic amines) is 1. The molecule has 0 aromatic carbocycles. The van der Waals surface area contributed by atoms with Crippen LogP contribution in [0.3, 0.4) is 0 Å². The SMILES string of the molecule is CC1(C)COC(=O)N1C1CCN(C(=O)c2csnn2)CC1. The molecule has 114 valence electrons. The van der Waals surface area contributed by atoms with Gasteiger partial charge < -0.3 is 9.64 Å². The fraction of sp³-hybridized carbons (Fsp3) is 0.692. The van der Waals surface area contributed by atoms with E-state index in [0.29, 0.717) is 25.4 Å². The Morgan fingerprint density at radius 1 is 1.43 bits per heavy atom. The summed E-state index contributed by atoms with van der Waals surface area (Å²) in [6.07, 6.45) is 1.29. The molecule has 7 nitrogen and oxygen atoms in total. The third-order valence-corrected chi connectivity index (χ3v) is 4.60. The lowest BCUT2D eigenvalue weighted by molar-refractivity contribution is 0.0584. The van der Waals surface area contributed by atoms with Crippen molar-refractivity contribution in [2.75, 3.05) is 19.7 Å². The molecule has 0 saturated carbocycles. The van der Waals surface area contributed by atoms with Crippen molar-refractivity contribution in [2.45, 2.75) is 38.3 Å². The first-order chi connectivity index (χ1) is 9.99. The largest absolute Gasteiger partial charge is 0.447 e. The van der Waals surface area contributed by atoms with Crippen LogP contribution in [0.4, 0.5) is 4.79 Å². The molecular formula is C13H18N4O3S. The van der Waals surface area contributed by atoms with Crippen molar-refractivity contribution in [2.24, 2.45) is 0 Å². The molecule has 2 amide bonds. The Morgan fingerprint density at radius 2 is 2.14 bits per heavy atom. The van der Waals surface area contributed by atoms with Crippen molar-refractivity contribution in [3.05, 3.63) is 11.1 Å². The van der Waals surface area contributed by atoms with Crippen LogP contribution >= 0.6 is 11.5 Å². The normalized spacial score (nSPS) is 22.5. The summed E-state index contributed by atoms with van der Waals surface area (Å²) in [5.74, 6) is -0.0783. The number of ether oxygens (including phenoxy) is 1. The summed E-state index contributed by atoms with van der Waals surface area (Å²) in [7, 11) is 0. The van der Waals surface area contributed by atoms with Crippen molar-refractivity contribution < 1.29 is 14.3 Å².